The van der Waals surface area contributed by atoms with Crippen LogP contribution >= 0.6 is 0 Å². The second-order valence-corrected chi connectivity index (χ2v) is 7.69. The SMILES string of the molecule is COc1ccccc1Cc1coc(-c2ccc(C)c(NC(=O)c3cnc4ccccn34)c2)n1. The van der Waals surface area contributed by atoms with E-state index in [9.17, 15) is 4.79 Å². The summed E-state index contributed by atoms with van der Waals surface area (Å²) in [5.74, 6) is 1.07. The molecule has 7 nitrogen and oxygen atoms in total. The van der Waals surface area contributed by atoms with E-state index in [0.717, 1.165) is 33.8 Å². The van der Waals surface area contributed by atoms with Gasteiger partial charge in [0, 0.05) is 29.4 Å². The summed E-state index contributed by atoms with van der Waals surface area (Å²) in [5, 5.41) is 2.99. The van der Waals surface area contributed by atoms with Gasteiger partial charge in [-0.05, 0) is 42.8 Å². The number of ether oxygens (including phenoxy) is 1. The molecular weight excluding hydrogens is 416 g/mol. The summed E-state index contributed by atoms with van der Waals surface area (Å²) in [6.07, 6.45) is 5.63. The molecule has 0 saturated carbocycles. The number of oxazole rings is 1. The van der Waals surface area contributed by atoms with Gasteiger partial charge in [-0.15, -0.1) is 0 Å². The minimum absolute atomic E-state index is 0.238. The highest BCUT2D eigenvalue weighted by molar-refractivity contribution is 6.04. The lowest BCUT2D eigenvalue weighted by molar-refractivity contribution is 0.102. The van der Waals surface area contributed by atoms with E-state index in [1.54, 1.807) is 24.0 Å². The second kappa shape index (κ2) is 8.63. The summed E-state index contributed by atoms with van der Waals surface area (Å²) < 4.78 is 12.9. The van der Waals surface area contributed by atoms with Gasteiger partial charge >= 0.3 is 0 Å². The molecule has 0 saturated heterocycles. The molecule has 3 heterocycles. The first-order valence-electron chi connectivity index (χ1n) is 10.5. The minimum atomic E-state index is -0.238. The van der Waals surface area contributed by atoms with Gasteiger partial charge in [0.2, 0.25) is 5.89 Å². The van der Waals surface area contributed by atoms with Gasteiger partial charge in [-0.3, -0.25) is 9.20 Å². The molecule has 0 radical (unpaired) electrons. The Morgan fingerprint density at radius 2 is 1.97 bits per heavy atom. The lowest BCUT2D eigenvalue weighted by Gasteiger charge is -2.09. The number of hydrogen-bond acceptors (Lipinski definition) is 5. The molecule has 5 rings (SSSR count). The number of aromatic nitrogens is 3. The summed E-state index contributed by atoms with van der Waals surface area (Å²) in [4.78, 5) is 21.9. The Morgan fingerprint density at radius 3 is 2.85 bits per heavy atom. The third-order valence-corrected chi connectivity index (χ3v) is 5.50. The maximum absolute atomic E-state index is 12.9. The average Bonchev–Trinajstić information content (AvgIpc) is 3.48. The van der Waals surface area contributed by atoms with Crippen molar-refractivity contribution in [3.8, 4) is 17.2 Å². The van der Waals surface area contributed by atoms with Crippen LogP contribution in [0.15, 0.2) is 83.7 Å². The highest BCUT2D eigenvalue weighted by Crippen LogP contribution is 2.27. The van der Waals surface area contributed by atoms with Gasteiger partial charge in [0.25, 0.3) is 5.91 Å². The maximum Gasteiger partial charge on any atom is 0.274 e. The normalized spacial score (nSPS) is 11.0. The van der Waals surface area contributed by atoms with E-state index in [2.05, 4.69) is 15.3 Å². The molecule has 164 valence electrons. The van der Waals surface area contributed by atoms with Crippen LogP contribution in [0.4, 0.5) is 5.69 Å². The van der Waals surface area contributed by atoms with Crippen molar-refractivity contribution in [2.24, 2.45) is 0 Å². The van der Waals surface area contributed by atoms with Gasteiger partial charge in [0.15, 0.2) is 0 Å². The molecule has 5 aromatic rings. The van der Waals surface area contributed by atoms with Gasteiger partial charge in [-0.25, -0.2) is 9.97 Å². The van der Waals surface area contributed by atoms with Crippen molar-refractivity contribution in [2.75, 3.05) is 12.4 Å². The molecule has 3 aromatic heterocycles. The molecule has 2 aromatic carbocycles. The van der Waals surface area contributed by atoms with E-state index in [1.807, 2.05) is 73.8 Å². The number of rotatable bonds is 6. The lowest BCUT2D eigenvalue weighted by Crippen LogP contribution is -2.15. The zero-order valence-corrected chi connectivity index (χ0v) is 18.3. The van der Waals surface area contributed by atoms with E-state index in [1.165, 1.54) is 0 Å². The third kappa shape index (κ3) is 4.08. The average molecular weight is 438 g/mol. The van der Waals surface area contributed by atoms with Crippen LogP contribution in [0.2, 0.25) is 0 Å². The summed E-state index contributed by atoms with van der Waals surface area (Å²) in [7, 11) is 1.65. The molecule has 33 heavy (non-hydrogen) atoms. The number of methoxy groups -OCH3 is 1. The van der Waals surface area contributed by atoms with Crippen LogP contribution in [-0.2, 0) is 6.42 Å². The van der Waals surface area contributed by atoms with Crippen molar-refractivity contribution >= 4 is 17.2 Å². The Labute approximate surface area is 190 Å². The number of benzene rings is 2. The van der Waals surface area contributed by atoms with Gasteiger partial charge in [-0.2, -0.15) is 0 Å². The van der Waals surface area contributed by atoms with Crippen LogP contribution in [0.1, 0.15) is 27.3 Å². The predicted octanol–water partition coefficient (Wildman–Crippen LogP) is 5.15. The van der Waals surface area contributed by atoms with Crippen LogP contribution in [0.25, 0.3) is 17.1 Å². The number of imidazole rings is 1. The Balaban J connectivity index is 1.38. The molecule has 1 N–H and O–H groups in total. The summed E-state index contributed by atoms with van der Waals surface area (Å²) in [5.41, 5.74) is 5.41. The zero-order chi connectivity index (χ0) is 22.8. The molecule has 0 bridgehead atoms. The lowest BCUT2D eigenvalue weighted by atomic mass is 10.1. The molecule has 0 atom stereocenters. The highest BCUT2D eigenvalue weighted by Gasteiger charge is 2.15. The van der Waals surface area contributed by atoms with E-state index in [4.69, 9.17) is 9.15 Å². The maximum atomic E-state index is 12.9. The number of aryl methyl sites for hydroxylation is 1. The van der Waals surface area contributed by atoms with Crippen LogP contribution in [0.3, 0.4) is 0 Å². The van der Waals surface area contributed by atoms with Crippen molar-refractivity contribution < 1.29 is 13.9 Å². The number of fused-ring (bicyclic) bond motifs is 1. The zero-order valence-electron chi connectivity index (χ0n) is 18.3. The van der Waals surface area contributed by atoms with Crippen molar-refractivity contribution in [1.29, 1.82) is 0 Å². The monoisotopic (exact) mass is 438 g/mol. The summed E-state index contributed by atoms with van der Waals surface area (Å²) >= 11 is 0. The first kappa shape index (κ1) is 20.5. The molecular formula is C26H22N4O3. The van der Waals surface area contributed by atoms with Crippen LogP contribution in [0, 0.1) is 6.92 Å². The van der Waals surface area contributed by atoms with Gasteiger partial charge < -0.3 is 14.5 Å². The molecule has 0 aliphatic rings. The molecule has 0 aliphatic carbocycles. The predicted molar refractivity (Wildman–Crippen MR) is 126 cm³/mol. The Morgan fingerprint density at radius 1 is 1.12 bits per heavy atom. The molecule has 0 aliphatic heterocycles. The van der Waals surface area contributed by atoms with Crippen LogP contribution < -0.4 is 10.1 Å². The van der Waals surface area contributed by atoms with Crippen molar-refractivity contribution in [3.05, 3.63) is 102 Å². The van der Waals surface area contributed by atoms with E-state index >= 15 is 0 Å². The molecule has 7 heteroatoms. The molecule has 0 spiro atoms. The fraction of sp³-hybridized carbons (Fsp3) is 0.115. The highest BCUT2D eigenvalue weighted by atomic mass is 16.5. The smallest absolute Gasteiger partial charge is 0.274 e. The third-order valence-electron chi connectivity index (χ3n) is 5.50. The summed E-state index contributed by atoms with van der Waals surface area (Å²) in [6.45, 7) is 1.94. The fourth-order valence-corrected chi connectivity index (χ4v) is 3.74. The first-order valence-corrected chi connectivity index (χ1v) is 10.5. The molecule has 0 unspecified atom stereocenters. The Kier molecular flexibility index (Phi) is 5.36. The van der Waals surface area contributed by atoms with Gasteiger partial charge in [0.05, 0.1) is 19.0 Å². The quantitative estimate of drug-likeness (QED) is 0.397. The van der Waals surface area contributed by atoms with Crippen molar-refractivity contribution in [3.63, 3.8) is 0 Å². The molecule has 0 fully saturated rings. The van der Waals surface area contributed by atoms with Gasteiger partial charge in [0.1, 0.15) is 23.4 Å². The summed E-state index contributed by atoms with van der Waals surface area (Å²) in [6, 6.07) is 19.2. The second-order valence-electron chi connectivity index (χ2n) is 7.69. The first-order chi connectivity index (χ1) is 16.1. The van der Waals surface area contributed by atoms with E-state index in [0.29, 0.717) is 23.7 Å². The van der Waals surface area contributed by atoms with Crippen LogP contribution in [-0.4, -0.2) is 27.4 Å². The number of pyridine rings is 1. The fourth-order valence-electron chi connectivity index (χ4n) is 3.74. The minimum Gasteiger partial charge on any atom is -0.496 e. The van der Waals surface area contributed by atoms with Crippen molar-refractivity contribution in [1.82, 2.24) is 14.4 Å². The van der Waals surface area contributed by atoms with Crippen LogP contribution in [0.5, 0.6) is 5.75 Å². The number of amides is 1. The number of para-hydroxylation sites is 1. The number of hydrogen-bond donors (Lipinski definition) is 1. The van der Waals surface area contributed by atoms with E-state index in [-0.39, 0.29) is 5.91 Å². The number of nitrogens with one attached hydrogen (secondary N) is 1. The largest absolute Gasteiger partial charge is 0.496 e. The standard InChI is InChI=1S/C26H22N4O3/c1-17-10-11-19(26-28-20(16-33-26)13-18-7-3-4-8-23(18)32-2)14-21(17)29-25(31)22-15-27-24-9-5-6-12-30(22)24/h3-12,14-16H,13H2,1-2H3,(H,29,31). The Hall–Kier alpha value is -4.39. The van der Waals surface area contributed by atoms with E-state index < -0.39 is 0 Å². The number of carbonyl (C=O) groups excluding carboxylic acids is 1. The van der Waals surface area contributed by atoms with Crippen molar-refractivity contribution in [2.45, 2.75) is 13.3 Å². The van der Waals surface area contributed by atoms with Gasteiger partial charge in [-0.1, -0.05) is 30.3 Å². The number of nitrogens with zero attached hydrogens (tertiary/aromatic N) is 3. The topological polar surface area (TPSA) is 81.7 Å². The Bertz CT molecular complexity index is 1450. The molecule has 1 amide bonds. The number of anilines is 1. The number of carbonyl (C=O) groups is 1.